The number of ether oxygens (including phenoxy) is 2. The lowest BCUT2D eigenvalue weighted by atomic mass is 10.3. The largest absolute Gasteiger partial charge is 0.396 e. The summed E-state index contributed by atoms with van der Waals surface area (Å²) in [5, 5.41) is 17.6. The fourth-order valence-corrected chi connectivity index (χ4v) is 0.829. The molecule has 74 valence electrons. The van der Waals surface area contributed by atoms with Crippen LogP contribution in [0.15, 0.2) is 0 Å². The lowest BCUT2D eigenvalue weighted by molar-refractivity contribution is -0.221. The minimum absolute atomic E-state index is 0.0729. The Balaban J connectivity index is 3.33. The standard InChI is InChI=1S/C8H18O4/c1-3-11-7(2)12-8(10)5-4-6-9/h7-10H,3-6H2,1-2H3. The zero-order valence-corrected chi connectivity index (χ0v) is 7.69. The van der Waals surface area contributed by atoms with E-state index in [4.69, 9.17) is 19.7 Å². The first-order valence-corrected chi connectivity index (χ1v) is 4.26. The minimum atomic E-state index is -0.835. The maximum atomic E-state index is 9.16. The van der Waals surface area contributed by atoms with Crippen LogP contribution in [0.2, 0.25) is 0 Å². The van der Waals surface area contributed by atoms with Crippen LogP contribution in [-0.4, -0.2) is 36.0 Å². The van der Waals surface area contributed by atoms with Crippen LogP contribution in [0.3, 0.4) is 0 Å². The van der Waals surface area contributed by atoms with E-state index >= 15 is 0 Å². The predicted molar refractivity (Wildman–Crippen MR) is 44.5 cm³/mol. The first-order chi connectivity index (χ1) is 5.70. The van der Waals surface area contributed by atoms with E-state index in [0.717, 1.165) is 0 Å². The average Bonchev–Trinajstić information content (AvgIpc) is 2.01. The third-order valence-corrected chi connectivity index (χ3v) is 1.36. The molecule has 0 heterocycles. The predicted octanol–water partition coefficient (Wildman–Crippen LogP) is 0.476. The fourth-order valence-electron chi connectivity index (χ4n) is 0.829. The fraction of sp³-hybridized carbons (Fsp3) is 1.00. The first-order valence-electron chi connectivity index (χ1n) is 4.26. The molecule has 4 heteroatoms. The molecule has 0 aliphatic carbocycles. The Morgan fingerprint density at radius 2 is 2.08 bits per heavy atom. The van der Waals surface area contributed by atoms with Gasteiger partial charge in [0.2, 0.25) is 0 Å². The summed E-state index contributed by atoms with van der Waals surface area (Å²) in [6, 6.07) is 0. The zero-order chi connectivity index (χ0) is 9.40. The van der Waals surface area contributed by atoms with Crippen LogP contribution in [0, 0.1) is 0 Å². The van der Waals surface area contributed by atoms with E-state index in [2.05, 4.69) is 0 Å². The van der Waals surface area contributed by atoms with Crippen LogP contribution in [0.1, 0.15) is 26.7 Å². The highest BCUT2D eigenvalue weighted by molar-refractivity contribution is 4.43. The van der Waals surface area contributed by atoms with Crippen molar-refractivity contribution < 1.29 is 19.7 Å². The molecule has 12 heavy (non-hydrogen) atoms. The van der Waals surface area contributed by atoms with Crippen LogP contribution in [0.5, 0.6) is 0 Å². The molecule has 2 N–H and O–H groups in total. The van der Waals surface area contributed by atoms with Crippen molar-refractivity contribution in [2.75, 3.05) is 13.2 Å². The van der Waals surface area contributed by atoms with Crippen molar-refractivity contribution in [3.8, 4) is 0 Å². The lowest BCUT2D eigenvalue weighted by Gasteiger charge is -2.17. The number of aliphatic hydroxyl groups is 2. The monoisotopic (exact) mass is 178 g/mol. The van der Waals surface area contributed by atoms with E-state index < -0.39 is 6.29 Å². The summed E-state index contributed by atoms with van der Waals surface area (Å²) in [4.78, 5) is 0. The third kappa shape index (κ3) is 6.54. The Kier molecular flexibility index (Phi) is 7.39. The molecule has 4 nitrogen and oxygen atoms in total. The summed E-state index contributed by atoms with van der Waals surface area (Å²) in [6.07, 6.45) is -0.240. The number of aliphatic hydroxyl groups excluding tert-OH is 2. The van der Waals surface area contributed by atoms with Gasteiger partial charge in [-0.2, -0.15) is 0 Å². The molecule has 0 amide bonds. The first kappa shape index (κ1) is 11.8. The topological polar surface area (TPSA) is 58.9 Å². The molecule has 0 aromatic heterocycles. The van der Waals surface area contributed by atoms with E-state index in [1.54, 1.807) is 6.92 Å². The molecular weight excluding hydrogens is 160 g/mol. The van der Waals surface area contributed by atoms with Crippen molar-refractivity contribution in [2.45, 2.75) is 39.3 Å². The summed E-state index contributed by atoms with van der Waals surface area (Å²) in [6.45, 7) is 4.23. The normalized spacial score (nSPS) is 16.0. The van der Waals surface area contributed by atoms with Crippen LogP contribution >= 0.6 is 0 Å². The Morgan fingerprint density at radius 1 is 1.42 bits per heavy atom. The van der Waals surface area contributed by atoms with Gasteiger partial charge in [0.15, 0.2) is 12.6 Å². The van der Waals surface area contributed by atoms with Gasteiger partial charge in [-0.1, -0.05) is 0 Å². The van der Waals surface area contributed by atoms with Gasteiger partial charge in [-0.25, -0.2) is 0 Å². The summed E-state index contributed by atoms with van der Waals surface area (Å²) < 4.78 is 10.1. The summed E-state index contributed by atoms with van der Waals surface area (Å²) in [5.41, 5.74) is 0. The SMILES string of the molecule is CCOC(C)OC(O)CCCO. The second-order valence-corrected chi connectivity index (χ2v) is 2.48. The average molecular weight is 178 g/mol. The maximum Gasteiger partial charge on any atom is 0.157 e. The van der Waals surface area contributed by atoms with Gasteiger partial charge in [0.25, 0.3) is 0 Å². The lowest BCUT2D eigenvalue weighted by Crippen LogP contribution is -2.22. The summed E-state index contributed by atoms with van der Waals surface area (Å²) in [7, 11) is 0. The second kappa shape index (κ2) is 7.49. The van der Waals surface area contributed by atoms with Gasteiger partial charge in [-0.15, -0.1) is 0 Å². The highest BCUT2D eigenvalue weighted by Crippen LogP contribution is 2.03. The Hall–Kier alpha value is -0.160. The molecule has 0 saturated carbocycles. The van der Waals surface area contributed by atoms with Gasteiger partial charge in [0, 0.05) is 19.6 Å². The molecule has 0 aliphatic heterocycles. The molecule has 0 aromatic carbocycles. The molecule has 0 fully saturated rings. The van der Waals surface area contributed by atoms with Crippen molar-refractivity contribution in [3.05, 3.63) is 0 Å². The van der Waals surface area contributed by atoms with Crippen molar-refractivity contribution >= 4 is 0 Å². The quantitative estimate of drug-likeness (QED) is 0.556. The van der Waals surface area contributed by atoms with Crippen molar-refractivity contribution in [1.82, 2.24) is 0 Å². The Labute approximate surface area is 73.1 Å². The maximum absolute atomic E-state index is 9.16. The van der Waals surface area contributed by atoms with Crippen LogP contribution < -0.4 is 0 Å². The molecule has 2 atom stereocenters. The molecular formula is C8H18O4. The highest BCUT2D eigenvalue weighted by atomic mass is 16.7. The van der Waals surface area contributed by atoms with E-state index in [9.17, 15) is 0 Å². The molecule has 0 saturated heterocycles. The van der Waals surface area contributed by atoms with E-state index in [1.165, 1.54) is 0 Å². The molecule has 0 aliphatic rings. The van der Waals surface area contributed by atoms with Gasteiger partial charge in [-0.3, -0.25) is 0 Å². The van der Waals surface area contributed by atoms with E-state index in [-0.39, 0.29) is 12.9 Å². The van der Waals surface area contributed by atoms with Crippen LogP contribution in [0.4, 0.5) is 0 Å². The number of hydrogen-bond acceptors (Lipinski definition) is 4. The molecule has 0 bridgehead atoms. The highest BCUT2D eigenvalue weighted by Gasteiger charge is 2.08. The van der Waals surface area contributed by atoms with E-state index in [1.807, 2.05) is 6.92 Å². The van der Waals surface area contributed by atoms with Gasteiger partial charge in [0.05, 0.1) is 0 Å². The number of hydrogen-bond donors (Lipinski definition) is 2. The minimum Gasteiger partial charge on any atom is -0.396 e. The summed E-state index contributed by atoms with van der Waals surface area (Å²) in [5.74, 6) is 0. The smallest absolute Gasteiger partial charge is 0.157 e. The van der Waals surface area contributed by atoms with Gasteiger partial charge in [-0.05, 0) is 20.3 Å². The molecule has 0 aromatic rings. The number of rotatable bonds is 7. The zero-order valence-electron chi connectivity index (χ0n) is 7.69. The van der Waals surface area contributed by atoms with Gasteiger partial charge in [0.1, 0.15) is 0 Å². The van der Waals surface area contributed by atoms with Crippen molar-refractivity contribution in [2.24, 2.45) is 0 Å². The van der Waals surface area contributed by atoms with Crippen LogP contribution in [0.25, 0.3) is 0 Å². The molecule has 0 radical (unpaired) electrons. The Morgan fingerprint density at radius 3 is 2.58 bits per heavy atom. The van der Waals surface area contributed by atoms with Gasteiger partial charge < -0.3 is 19.7 Å². The third-order valence-electron chi connectivity index (χ3n) is 1.36. The molecule has 2 unspecified atom stereocenters. The Bertz CT molecular complexity index is 97.1. The molecule has 0 rings (SSSR count). The second-order valence-electron chi connectivity index (χ2n) is 2.48. The van der Waals surface area contributed by atoms with Crippen LogP contribution in [-0.2, 0) is 9.47 Å². The van der Waals surface area contributed by atoms with Crippen molar-refractivity contribution in [3.63, 3.8) is 0 Å². The summed E-state index contributed by atoms with van der Waals surface area (Å²) >= 11 is 0. The molecule has 0 spiro atoms. The van der Waals surface area contributed by atoms with Crippen molar-refractivity contribution in [1.29, 1.82) is 0 Å². The van der Waals surface area contributed by atoms with E-state index in [0.29, 0.717) is 19.4 Å². The van der Waals surface area contributed by atoms with Gasteiger partial charge >= 0.3 is 0 Å².